The summed E-state index contributed by atoms with van der Waals surface area (Å²) in [5, 5.41) is 0.201. The van der Waals surface area contributed by atoms with Gasteiger partial charge in [0, 0.05) is 0 Å². The number of imide groups is 1. The number of amides is 4. The van der Waals surface area contributed by atoms with Crippen LogP contribution in [0.4, 0.5) is 0 Å². The minimum absolute atomic E-state index is 0.150. The molecule has 1 heterocycles. The van der Waals surface area contributed by atoms with Crippen LogP contribution in [0.2, 0.25) is 5.02 Å². The number of carbonyl (C=O) groups is 5. The molecule has 0 bridgehead atoms. The van der Waals surface area contributed by atoms with E-state index in [2.05, 4.69) is 10.9 Å². The fourth-order valence-electron chi connectivity index (χ4n) is 2.58. The molecular formula is C19H14ClN3O6. The first-order chi connectivity index (χ1) is 13.9. The first-order valence-corrected chi connectivity index (χ1v) is 8.71. The van der Waals surface area contributed by atoms with Crippen molar-refractivity contribution in [1.29, 1.82) is 0 Å². The highest BCUT2D eigenvalue weighted by Gasteiger charge is 2.36. The predicted molar refractivity (Wildman–Crippen MR) is 99.8 cm³/mol. The van der Waals surface area contributed by atoms with Crippen LogP contribution < -0.4 is 10.9 Å². The second-order valence-electron chi connectivity index (χ2n) is 5.88. The first-order valence-electron chi connectivity index (χ1n) is 8.33. The maximum absolute atomic E-state index is 12.2. The monoisotopic (exact) mass is 415 g/mol. The zero-order valence-corrected chi connectivity index (χ0v) is 15.6. The van der Waals surface area contributed by atoms with Crippen LogP contribution in [0.3, 0.4) is 0 Å². The van der Waals surface area contributed by atoms with E-state index in [1.165, 1.54) is 24.3 Å². The first kappa shape index (κ1) is 20.0. The highest BCUT2D eigenvalue weighted by Crippen LogP contribution is 2.22. The summed E-state index contributed by atoms with van der Waals surface area (Å²) >= 11 is 5.87. The summed E-state index contributed by atoms with van der Waals surface area (Å²) in [6.07, 6.45) is 0. The van der Waals surface area contributed by atoms with E-state index in [9.17, 15) is 24.0 Å². The summed E-state index contributed by atoms with van der Waals surface area (Å²) in [5.74, 6) is -3.65. The van der Waals surface area contributed by atoms with Crippen LogP contribution in [0.1, 0.15) is 31.1 Å². The summed E-state index contributed by atoms with van der Waals surface area (Å²) in [6.45, 7) is -1.35. The number of benzene rings is 2. The van der Waals surface area contributed by atoms with Crippen LogP contribution in [0.25, 0.3) is 0 Å². The third kappa shape index (κ3) is 4.41. The van der Waals surface area contributed by atoms with Crippen LogP contribution in [0.15, 0.2) is 48.5 Å². The Balaban J connectivity index is 1.46. The number of halogens is 1. The molecule has 0 radical (unpaired) electrons. The lowest BCUT2D eigenvalue weighted by Crippen LogP contribution is -2.44. The molecule has 0 spiro atoms. The lowest BCUT2D eigenvalue weighted by molar-refractivity contribution is -0.148. The Morgan fingerprint density at radius 3 is 2.10 bits per heavy atom. The van der Waals surface area contributed by atoms with Gasteiger partial charge >= 0.3 is 5.97 Å². The van der Waals surface area contributed by atoms with Gasteiger partial charge < -0.3 is 4.74 Å². The van der Waals surface area contributed by atoms with Gasteiger partial charge in [-0.05, 0) is 24.3 Å². The van der Waals surface area contributed by atoms with E-state index in [0.717, 1.165) is 4.90 Å². The summed E-state index contributed by atoms with van der Waals surface area (Å²) in [4.78, 5) is 60.6. The maximum atomic E-state index is 12.2. The second-order valence-corrected chi connectivity index (χ2v) is 6.29. The minimum atomic E-state index is -0.952. The molecule has 0 fully saturated rings. The van der Waals surface area contributed by atoms with Crippen molar-refractivity contribution < 1.29 is 28.7 Å². The van der Waals surface area contributed by atoms with Gasteiger partial charge in [-0.15, -0.1) is 0 Å². The molecule has 2 N–H and O–H groups in total. The molecule has 148 valence electrons. The molecule has 29 heavy (non-hydrogen) atoms. The maximum Gasteiger partial charge on any atom is 0.326 e. The molecule has 10 heteroatoms. The molecule has 0 saturated heterocycles. The van der Waals surface area contributed by atoms with Gasteiger partial charge in [-0.1, -0.05) is 35.9 Å². The number of carbonyl (C=O) groups excluding carboxylic acids is 5. The standard InChI is InChI=1S/C19H14ClN3O6/c20-14-8-4-3-7-13(14)17(26)22-21-15(24)10-29-16(25)9-23-18(27)11-5-1-2-6-12(11)19(23)28/h1-8H,9-10H2,(H,21,24)(H,22,26). The van der Waals surface area contributed by atoms with Crippen molar-refractivity contribution in [3.05, 3.63) is 70.2 Å². The molecule has 3 rings (SSSR count). The number of fused-ring (bicyclic) bond motifs is 1. The number of esters is 1. The summed E-state index contributed by atoms with van der Waals surface area (Å²) in [7, 11) is 0. The van der Waals surface area contributed by atoms with Gasteiger partial charge in [-0.25, -0.2) is 0 Å². The fourth-order valence-corrected chi connectivity index (χ4v) is 2.80. The average molecular weight is 416 g/mol. The Morgan fingerprint density at radius 2 is 1.48 bits per heavy atom. The highest BCUT2D eigenvalue weighted by atomic mass is 35.5. The number of nitrogens with zero attached hydrogens (tertiary/aromatic N) is 1. The van der Waals surface area contributed by atoms with Gasteiger partial charge in [-0.2, -0.15) is 0 Å². The lowest BCUT2D eigenvalue weighted by Gasteiger charge is -2.13. The number of hydrazine groups is 1. The van der Waals surface area contributed by atoms with Gasteiger partial charge in [0.15, 0.2) is 6.61 Å². The molecule has 9 nitrogen and oxygen atoms in total. The largest absolute Gasteiger partial charge is 0.454 e. The number of rotatable bonds is 5. The van der Waals surface area contributed by atoms with Crippen LogP contribution in [0.5, 0.6) is 0 Å². The van der Waals surface area contributed by atoms with E-state index >= 15 is 0 Å². The third-order valence-corrected chi connectivity index (χ3v) is 4.29. The fraction of sp³-hybridized carbons (Fsp3) is 0.105. The Bertz CT molecular complexity index is 988. The van der Waals surface area contributed by atoms with Crippen molar-refractivity contribution in [2.75, 3.05) is 13.2 Å². The summed E-state index contributed by atoms with van der Waals surface area (Å²) < 4.78 is 4.75. The van der Waals surface area contributed by atoms with E-state index in [-0.39, 0.29) is 21.7 Å². The molecule has 2 aromatic carbocycles. The van der Waals surface area contributed by atoms with E-state index < -0.39 is 42.7 Å². The van der Waals surface area contributed by atoms with Gasteiger partial charge in [0.25, 0.3) is 23.6 Å². The third-order valence-electron chi connectivity index (χ3n) is 3.96. The molecule has 2 aromatic rings. The molecular weight excluding hydrogens is 402 g/mol. The number of hydrogen-bond acceptors (Lipinski definition) is 6. The van der Waals surface area contributed by atoms with Crippen molar-refractivity contribution >= 4 is 41.2 Å². The Kier molecular flexibility index (Phi) is 5.89. The van der Waals surface area contributed by atoms with Crippen molar-refractivity contribution in [1.82, 2.24) is 15.8 Å². The Hall–Kier alpha value is -3.72. The molecule has 0 atom stereocenters. The number of hydrogen-bond donors (Lipinski definition) is 2. The molecule has 0 aliphatic carbocycles. The molecule has 1 aliphatic heterocycles. The van der Waals surface area contributed by atoms with Crippen LogP contribution in [-0.4, -0.2) is 47.6 Å². The van der Waals surface area contributed by atoms with Gasteiger partial charge in [-0.3, -0.25) is 39.7 Å². The van der Waals surface area contributed by atoms with Crippen molar-refractivity contribution in [3.63, 3.8) is 0 Å². The normalized spacial score (nSPS) is 12.4. The van der Waals surface area contributed by atoms with Gasteiger partial charge in [0.1, 0.15) is 6.54 Å². The van der Waals surface area contributed by atoms with E-state index in [1.54, 1.807) is 24.3 Å². The minimum Gasteiger partial charge on any atom is -0.454 e. The highest BCUT2D eigenvalue weighted by molar-refractivity contribution is 6.33. The van der Waals surface area contributed by atoms with Crippen molar-refractivity contribution in [2.24, 2.45) is 0 Å². The van der Waals surface area contributed by atoms with E-state index in [4.69, 9.17) is 16.3 Å². The Labute approximate surface area is 169 Å². The van der Waals surface area contributed by atoms with E-state index in [0.29, 0.717) is 0 Å². The molecule has 0 saturated carbocycles. The SMILES string of the molecule is O=C(COC(=O)CN1C(=O)c2ccccc2C1=O)NNC(=O)c1ccccc1Cl. The molecule has 1 aliphatic rings. The summed E-state index contributed by atoms with van der Waals surface area (Å²) in [5.41, 5.74) is 4.75. The van der Waals surface area contributed by atoms with Crippen LogP contribution in [0, 0.1) is 0 Å². The lowest BCUT2D eigenvalue weighted by atomic mass is 10.1. The van der Waals surface area contributed by atoms with E-state index in [1.807, 2.05) is 0 Å². The Morgan fingerprint density at radius 1 is 0.897 bits per heavy atom. The average Bonchev–Trinajstić information content (AvgIpc) is 2.96. The zero-order valence-electron chi connectivity index (χ0n) is 14.8. The smallest absolute Gasteiger partial charge is 0.326 e. The second kappa shape index (κ2) is 8.53. The molecule has 0 unspecified atom stereocenters. The zero-order chi connectivity index (χ0) is 21.0. The predicted octanol–water partition coefficient (Wildman–Crippen LogP) is 0.940. The topological polar surface area (TPSA) is 122 Å². The van der Waals surface area contributed by atoms with Gasteiger partial charge in [0.2, 0.25) is 0 Å². The van der Waals surface area contributed by atoms with Crippen molar-refractivity contribution in [2.45, 2.75) is 0 Å². The quantitative estimate of drug-likeness (QED) is 0.426. The van der Waals surface area contributed by atoms with Crippen molar-refractivity contribution in [3.8, 4) is 0 Å². The van der Waals surface area contributed by atoms with Gasteiger partial charge in [0.05, 0.1) is 21.7 Å². The van der Waals surface area contributed by atoms with Crippen LogP contribution in [-0.2, 0) is 14.3 Å². The number of ether oxygens (including phenoxy) is 1. The number of nitrogens with one attached hydrogen (secondary N) is 2. The molecule has 0 aromatic heterocycles. The van der Waals surface area contributed by atoms with Crippen LogP contribution >= 0.6 is 11.6 Å². The molecule has 4 amide bonds. The summed E-state index contributed by atoms with van der Waals surface area (Å²) in [6, 6.07) is 12.4.